The van der Waals surface area contributed by atoms with Crippen LogP contribution in [0, 0.1) is 0 Å². The van der Waals surface area contributed by atoms with Crippen molar-refractivity contribution in [3.05, 3.63) is 34.3 Å². The third kappa shape index (κ3) is 4.10. The van der Waals surface area contributed by atoms with Crippen molar-refractivity contribution in [3.8, 4) is 0 Å². The Bertz CT molecular complexity index is 450. The van der Waals surface area contributed by atoms with E-state index in [1.165, 1.54) is 25.1 Å². The largest absolute Gasteiger partial charge is 0.389 e. The molecular weight excluding hydrogens is 276 g/mol. The van der Waals surface area contributed by atoms with E-state index in [0.29, 0.717) is 17.4 Å². The maximum atomic E-state index is 10.8. The van der Waals surface area contributed by atoms with E-state index in [9.17, 15) is 19.8 Å². The van der Waals surface area contributed by atoms with Crippen LogP contribution in [0.25, 0.3) is 0 Å². The normalized spacial score (nSPS) is 14.0. The molecule has 0 bridgehead atoms. The summed E-state index contributed by atoms with van der Waals surface area (Å²) >= 11 is 6.76. The Labute approximate surface area is 114 Å². The summed E-state index contributed by atoms with van der Waals surface area (Å²) < 4.78 is 0. The van der Waals surface area contributed by atoms with Crippen molar-refractivity contribution < 1.29 is 19.8 Å². The van der Waals surface area contributed by atoms with Gasteiger partial charge in [0.25, 0.3) is 0 Å². The molecule has 6 heteroatoms. The molecule has 0 amide bonds. The molecule has 0 aliphatic carbocycles. The van der Waals surface area contributed by atoms with Crippen molar-refractivity contribution in [2.75, 3.05) is 5.75 Å². The van der Waals surface area contributed by atoms with Gasteiger partial charge in [0.15, 0.2) is 11.4 Å². The lowest BCUT2D eigenvalue weighted by atomic mass is 10.0. The van der Waals surface area contributed by atoms with E-state index in [1.54, 1.807) is 0 Å². The Balaban J connectivity index is 2.76. The third-order valence-electron chi connectivity index (χ3n) is 2.31. The summed E-state index contributed by atoms with van der Waals surface area (Å²) in [6.45, 7) is 1.39. The van der Waals surface area contributed by atoms with Gasteiger partial charge in [0.2, 0.25) is 0 Å². The van der Waals surface area contributed by atoms with E-state index >= 15 is 0 Å². The molecule has 0 saturated heterocycles. The fraction of sp³-hybridized carbons (Fsp3) is 0.333. The first-order valence-electron chi connectivity index (χ1n) is 5.19. The topological polar surface area (TPSA) is 74.6 Å². The number of hydrogen-bond acceptors (Lipinski definition) is 5. The van der Waals surface area contributed by atoms with Gasteiger partial charge < -0.3 is 10.2 Å². The second-order valence-corrected chi connectivity index (χ2v) is 5.32. The Morgan fingerprint density at radius 2 is 2.17 bits per heavy atom. The zero-order valence-corrected chi connectivity index (χ0v) is 11.2. The standard InChI is InChI=1S/C12H13ClO4S/c1-7(15)18-6-11(16)12(17)8-2-3-9(5-14)10(13)4-8/h2-5,11-12,16-17H,6H2,1H3. The number of aliphatic hydroxyl groups excluding tert-OH is 2. The van der Waals surface area contributed by atoms with Gasteiger partial charge in [0.05, 0.1) is 11.1 Å². The second kappa shape index (κ2) is 6.89. The van der Waals surface area contributed by atoms with Crippen LogP contribution in [0.3, 0.4) is 0 Å². The molecule has 2 atom stereocenters. The van der Waals surface area contributed by atoms with Crippen molar-refractivity contribution in [1.29, 1.82) is 0 Å². The fourth-order valence-electron chi connectivity index (χ4n) is 1.34. The van der Waals surface area contributed by atoms with Gasteiger partial charge in [-0.05, 0) is 17.7 Å². The minimum atomic E-state index is -1.14. The smallest absolute Gasteiger partial charge is 0.185 e. The predicted molar refractivity (Wildman–Crippen MR) is 70.9 cm³/mol. The summed E-state index contributed by atoms with van der Waals surface area (Å²) in [5.41, 5.74) is 0.725. The lowest BCUT2D eigenvalue weighted by Gasteiger charge is -2.17. The van der Waals surface area contributed by atoms with E-state index in [0.717, 1.165) is 11.8 Å². The Hall–Kier alpha value is -0.880. The number of halogens is 1. The molecule has 0 fully saturated rings. The summed E-state index contributed by atoms with van der Waals surface area (Å²) in [5, 5.41) is 19.7. The minimum Gasteiger partial charge on any atom is -0.389 e. The number of rotatable bonds is 5. The number of hydrogen-bond donors (Lipinski definition) is 2. The maximum Gasteiger partial charge on any atom is 0.185 e. The van der Waals surface area contributed by atoms with Crippen LogP contribution in [0.4, 0.5) is 0 Å². The quantitative estimate of drug-likeness (QED) is 0.809. The van der Waals surface area contributed by atoms with Crippen LogP contribution in [0.15, 0.2) is 18.2 Å². The highest BCUT2D eigenvalue weighted by molar-refractivity contribution is 8.13. The number of aliphatic hydroxyl groups is 2. The highest BCUT2D eigenvalue weighted by Crippen LogP contribution is 2.24. The number of thioether (sulfide) groups is 1. The van der Waals surface area contributed by atoms with Gasteiger partial charge in [-0.25, -0.2) is 0 Å². The minimum absolute atomic E-state index is 0.101. The van der Waals surface area contributed by atoms with Crippen LogP contribution in [0.2, 0.25) is 5.02 Å². The lowest BCUT2D eigenvalue weighted by molar-refractivity contribution is -0.109. The Morgan fingerprint density at radius 1 is 1.50 bits per heavy atom. The van der Waals surface area contributed by atoms with Gasteiger partial charge in [-0.15, -0.1) is 0 Å². The molecule has 18 heavy (non-hydrogen) atoms. The van der Waals surface area contributed by atoms with Gasteiger partial charge in [-0.2, -0.15) is 0 Å². The zero-order valence-electron chi connectivity index (χ0n) is 9.67. The van der Waals surface area contributed by atoms with E-state index in [1.807, 2.05) is 0 Å². The van der Waals surface area contributed by atoms with Crippen molar-refractivity contribution in [2.45, 2.75) is 19.1 Å². The van der Waals surface area contributed by atoms with Gasteiger partial charge in [0, 0.05) is 18.2 Å². The fourth-order valence-corrected chi connectivity index (χ4v) is 2.16. The average molecular weight is 289 g/mol. The molecule has 2 N–H and O–H groups in total. The van der Waals surface area contributed by atoms with Crippen molar-refractivity contribution in [3.63, 3.8) is 0 Å². The molecule has 1 aromatic carbocycles. The first-order valence-corrected chi connectivity index (χ1v) is 6.56. The molecule has 98 valence electrons. The molecule has 2 unspecified atom stereocenters. The molecule has 0 aliphatic rings. The van der Waals surface area contributed by atoms with E-state index in [-0.39, 0.29) is 15.9 Å². The van der Waals surface area contributed by atoms with Crippen LogP contribution in [0.1, 0.15) is 28.9 Å². The van der Waals surface area contributed by atoms with Crippen LogP contribution in [0.5, 0.6) is 0 Å². The van der Waals surface area contributed by atoms with E-state index in [2.05, 4.69) is 0 Å². The van der Waals surface area contributed by atoms with Crippen LogP contribution in [-0.4, -0.2) is 33.5 Å². The summed E-state index contributed by atoms with van der Waals surface area (Å²) in [5.74, 6) is 0.101. The summed E-state index contributed by atoms with van der Waals surface area (Å²) in [6, 6.07) is 4.41. The molecule has 0 saturated carbocycles. The molecule has 0 aliphatic heterocycles. The highest BCUT2D eigenvalue weighted by Gasteiger charge is 2.19. The summed E-state index contributed by atoms with van der Waals surface area (Å²) in [6.07, 6.45) is -1.60. The van der Waals surface area contributed by atoms with Gasteiger partial charge in [0.1, 0.15) is 6.10 Å². The Morgan fingerprint density at radius 3 is 2.67 bits per heavy atom. The van der Waals surface area contributed by atoms with Crippen LogP contribution < -0.4 is 0 Å². The maximum absolute atomic E-state index is 10.8. The molecule has 4 nitrogen and oxygen atoms in total. The van der Waals surface area contributed by atoms with E-state index in [4.69, 9.17) is 11.6 Å². The van der Waals surface area contributed by atoms with Crippen molar-refractivity contribution >= 4 is 34.8 Å². The summed E-state index contributed by atoms with van der Waals surface area (Å²) in [7, 11) is 0. The molecule has 0 heterocycles. The van der Waals surface area contributed by atoms with Crippen LogP contribution in [-0.2, 0) is 4.79 Å². The monoisotopic (exact) mass is 288 g/mol. The summed E-state index contributed by atoms with van der Waals surface area (Å²) in [4.78, 5) is 21.3. The second-order valence-electron chi connectivity index (χ2n) is 3.71. The predicted octanol–water partition coefficient (Wildman–Crippen LogP) is 1.83. The molecule has 1 rings (SSSR count). The highest BCUT2D eigenvalue weighted by atomic mass is 35.5. The molecule has 0 radical (unpaired) electrons. The number of benzene rings is 1. The van der Waals surface area contributed by atoms with Crippen molar-refractivity contribution in [1.82, 2.24) is 0 Å². The number of aldehydes is 1. The van der Waals surface area contributed by atoms with Gasteiger partial charge in [-0.3, -0.25) is 9.59 Å². The molecule has 0 spiro atoms. The third-order valence-corrected chi connectivity index (χ3v) is 3.56. The van der Waals surface area contributed by atoms with Crippen molar-refractivity contribution in [2.24, 2.45) is 0 Å². The van der Waals surface area contributed by atoms with Crippen LogP contribution >= 0.6 is 23.4 Å². The number of carbonyl (C=O) groups excluding carboxylic acids is 2. The molecular formula is C12H13ClO4S. The Kier molecular flexibility index (Phi) is 5.81. The number of carbonyl (C=O) groups is 2. The van der Waals surface area contributed by atoms with Gasteiger partial charge >= 0.3 is 0 Å². The molecule has 1 aromatic rings. The first-order chi connectivity index (χ1) is 8.45. The average Bonchev–Trinajstić information content (AvgIpc) is 2.34. The van der Waals surface area contributed by atoms with Gasteiger partial charge in [-0.1, -0.05) is 29.4 Å². The first kappa shape index (κ1) is 15.2. The molecule has 0 aromatic heterocycles. The SMILES string of the molecule is CC(=O)SCC(O)C(O)c1ccc(C=O)c(Cl)c1. The van der Waals surface area contributed by atoms with E-state index < -0.39 is 12.2 Å². The zero-order chi connectivity index (χ0) is 13.7. The lowest BCUT2D eigenvalue weighted by Crippen LogP contribution is -2.21.